The zero-order valence-corrected chi connectivity index (χ0v) is 28.4. The van der Waals surface area contributed by atoms with E-state index in [0.717, 1.165) is 12.3 Å². The van der Waals surface area contributed by atoms with Crippen LogP contribution in [0.4, 0.5) is 0 Å². The minimum absolute atomic E-state index is 0. The Morgan fingerprint density at radius 3 is 1.81 bits per heavy atom. The molecule has 36 heavy (non-hydrogen) atoms. The molecule has 0 N–H and O–H groups in total. The standard InChI is InChI=1S/C21H25.C9H15.C3H6.2ClH.Zr/c1-20(2,3)16-7-9-18-14(12-16)11-15-13-17(21(4,5)6)8-10-19(15)18;1-9(2,3)8-6-4-5-7-8;1-3-2;;;/h7-10,12H,11H2,1-6H3;7-8H,4,6H2,1-3H3;1-2H3;2*1H;/q2*-1;;;;+2/p-2. The van der Waals surface area contributed by atoms with Crippen molar-refractivity contribution < 1.29 is 49.0 Å². The van der Waals surface area contributed by atoms with Crippen molar-refractivity contribution in [2.45, 2.75) is 106 Å². The summed E-state index contributed by atoms with van der Waals surface area (Å²) in [5.41, 5.74) is 9.17. The zero-order chi connectivity index (χ0) is 25.9. The first kappa shape index (κ1) is 35.5. The van der Waals surface area contributed by atoms with E-state index in [1.807, 2.05) is 0 Å². The van der Waals surface area contributed by atoms with E-state index < -0.39 is 0 Å². The molecule has 3 heteroatoms. The van der Waals surface area contributed by atoms with E-state index in [1.54, 1.807) is 24.2 Å². The summed E-state index contributed by atoms with van der Waals surface area (Å²) in [6.45, 7) is 24.7. The van der Waals surface area contributed by atoms with Gasteiger partial charge in [-0.1, -0.05) is 98.4 Å². The molecule has 0 spiro atoms. The Morgan fingerprint density at radius 1 is 0.833 bits per heavy atom. The predicted octanol–water partition coefficient (Wildman–Crippen LogP) is 3.21. The summed E-state index contributed by atoms with van der Waals surface area (Å²) in [5, 5.41) is 0. The number of fused-ring (bicyclic) bond motifs is 3. The van der Waals surface area contributed by atoms with Crippen molar-refractivity contribution in [2.75, 3.05) is 0 Å². The minimum atomic E-state index is 0. The Morgan fingerprint density at radius 2 is 1.39 bits per heavy atom. The maximum atomic E-state index is 3.67. The van der Waals surface area contributed by atoms with Gasteiger partial charge in [0.05, 0.1) is 0 Å². The predicted molar refractivity (Wildman–Crippen MR) is 147 cm³/mol. The van der Waals surface area contributed by atoms with Crippen molar-refractivity contribution in [1.82, 2.24) is 0 Å². The molecule has 1 unspecified atom stereocenters. The number of benzene rings is 2. The molecular weight excluding hydrogens is 558 g/mol. The van der Waals surface area contributed by atoms with Crippen LogP contribution in [0.3, 0.4) is 0 Å². The van der Waals surface area contributed by atoms with Crippen LogP contribution in [0.15, 0.2) is 36.4 Å². The average molecular weight is 605 g/mol. The fourth-order valence-corrected chi connectivity index (χ4v) is 4.26. The summed E-state index contributed by atoms with van der Waals surface area (Å²) in [6.07, 6.45) is 8.99. The van der Waals surface area contributed by atoms with Crippen LogP contribution in [0.25, 0.3) is 11.1 Å². The molecule has 2 aromatic carbocycles. The van der Waals surface area contributed by atoms with Crippen molar-refractivity contribution in [1.29, 1.82) is 0 Å². The van der Waals surface area contributed by atoms with Crippen LogP contribution >= 0.6 is 0 Å². The monoisotopic (exact) mass is 602 g/mol. The summed E-state index contributed by atoms with van der Waals surface area (Å²) in [6, 6.07) is 15.2. The van der Waals surface area contributed by atoms with Gasteiger partial charge >= 0.3 is 41.3 Å². The van der Waals surface area contributed by atoms with Crippen LogP contribution in [0.1, 0.15) is 111 Å². The third-order valence-electron chi connectivity index (χ3n) is 6.50. The molecule has 0 fully saturated rings. The molecule has 0 amide bonds. The second-order valence-corrected chi connectivity index (χ2v) is 15.7. The largest absolute Gasteiger partial charge is 1.00 e. The number of allylic oxidation sites excluding steroid dienone is 2. The van der Waals surface area contributed by atoms with Crippen molar-refractivity contribution >= 4 is 3.21 Å². The summed E-state index contributed by atoms with van der Waals surface area (Å²) in [7, 11) is 0. The van der Waals surface area contributed by atoms with Gasteiger partial charge in [0.2, 0.25) is 0 Å². The quantitative estimate of drug-likeness (QED) is 0.346. The Bertz CT molecular complexity index is 962. The Balaban J connectivity index is 0.000000686. The summed E-state index contributed by atoms with van der Waals surface area (Å²) in [5.74, 6) is 0.775. The van der Waals surface area contributed by atoms with Gasteiger partial charge in [-0.25, -0.2) is 0 Å². The van der Waals surface area contributed by atoms with Gasteiger partial charge in [-0.15, -0.1) is 11.1 Å². The summed E-state index contributed by atoms with van der Waals surface area (Å²) < 4.78 is 1.51. The third-order valence-corrected chi connectivity index (χ3v) is 6.50. The van der Waals surface area contributed by atoms with Crippen LogP contribution in [0.5, 0.6) is 0 Å². The number of hydrogen-bond acceptors (Lipinski definition) is 0. The van der Waals surface area contributed by atoms with Crippen molar-refractivity contribution in [3.63, 3.8) is 0 Å². The molecule has 0 saturated heterocycles. The fourth-order valence-electron chi connectivity index (χ4n) is 4.26. The molecule has 0 nitrogen and oxygen atoms in total. The van der Waals surface area contributed by atoms with Gasteiger partial charge in [-0.05, 0) is 33.8 Å². The SMILES string of the molecule is CC(C)(C)C1C=[C-]CC1.CC(C)(C)c1[c-]c2c(cc1)-c1ccc(C(C)(C)C)cc1C2.C[C](C)=[Zr+2].[Cl-].[Cl-]. The van der Waals surface area contributed by atoms with E-state index in [0.29, 0.717) is 5.41 Å². The molecule has 1 atom stereocenters. The van der Waals surface area contributed by atoms with E-state index >= 15 is 0 Å². The third kappa shape index (κ3) is 10.3. The molecule has 0 aliphatic heterocycles. The molecule has 0 aromatic heterocycles. The van der Waals surface area contributed by atoms with Crippen LogP contribution in [0.2, 0.25) is 0 Å². The van der Waals surface area contributed by atoms with Gasteiger partial charge in [0.15, 0.2) is 0 Å². The van der Waals surface area contributed by atoms with Gasteiger partial charge in [0, 0.05) is 0 Å². The first-order valence-corrected chi connectivity index (χ1v) is 14.0. The Labute approximate surface area is 250 Å². The normalized spacial score (nSPS) is 15.8. The Hall–Kier alpha value is -0.487. The molecule has 2 aliphatic rings. The number of halogens is 2. The molecule has 0 heterocycles. The molecule has 0 saturated carbocycles. The van der Waals surface area contributed by atoms with E-state index in [-0.39, 0.29) is 35.6 Å². The summed E-state index contributed by atoms with van der Waals surface area (Å²) in [4.78, 5) is 0. The van der Waals surface area contributed by atoms with Gasteiger partial charge < -0.3 is 30.9 Å². The first-order valence-electron chi connectivity index (χ1n) is 12.8. The molecule has 4 rings (SSSR count). The molecular formula is C33H46Cl2Zr-2. The second kappa shape index (κ2) is 14.1. The first-order chi connectivity index (χ1) is 15.5. The van der Waals surface area contributed by atoms with Crippen LogP contribution in [-0.2, 0) is 41.5 Å². The average Bonchev–Trinajstić information content (AvgIpc) is 3.33. The van der Waals surface area contributed by atoms with E-state index in [2.05, 4.69) is 125 Å². The maximum Gasteiger partial charge on any atom is -1.00 e. The molecule has 2 aromatic rings. The van der Waals surface area contributed by atoms with Gasteiger partial charge in [0.1, 0.15) is 0 Å². The molecule has 198 valence electrons. The summed E-state index contributed by atoms with van der Waals surface area (Å²) >= 11 is 1.55. The number of hydrogen-bond donors (Lipinski definition) is 0. The van der Waals surface area contributed by atoms with Gasteiger partial charge in [0.25, 0.3) is 0 Å². The van der Waals surface area contributed by atoms with Gasteiger partial charge in [-0.2, -0.15) is 30.2 Å². The zero-order valence-electron chi connectivity index (χ0n) is 24.4. The van der Waals surface area contributed by atoms with Crippen LogP contribution in [-0.4, -0.2) is 3.21 Å². The number of rotatable bonds is 0. The van der Waals surface area contributed by atoms with E-state index in [4.69, 9.17) is 0 Å². The van der Waals surface area contributed by atoms with Crippen LogP contribution < -0.4 is 24.8 Å². The Kier molecular flexibility index (Phi) is 13.9. The molecule has 0 bridgehead atoms. The maximum absolute atomic E-state index is 3.67. The molecule has 0 radical (unpaired) electrons. The smallest absolute Gasteiger partial charge is 1.00 e. The van der Waals surface area contributed by atoms with Crippen LogP contribution in [0, 0.1) is 23.5 Å². The van der Waals surface area contributed by atoms with E-state index in [1.165, 1.54) is 49.4 Å². The topological polar surface area (TPSA) is 0 Å². The second-order valence-electron chi connectivity index (χ2n) is 13.2. The fraction of sp³-hybridized carbons (Fsp3) is 0.545. The van der Waals surface area contributed by atoms with Crippen molar-refractivity contribution in [3.8, 4) is 11.1 Å². The van der Waals surface area contributed by atoms with E-state index in [9.17, 15) is 0 Å². The molecule has 2 aliphatic carbocycles. The van der Waals surface area contributed by atoms with Crippen molar-refractivity contribution in [2.24, 2.45) is 11.3 Å². The van der Waals surface area contributed by atoms with Crippen molar-refractivity contribution in [3.05, 3.63) is 70.8 Å². The van der Waals surface area contributed by atoms with Gasteiger partial charge in [-0.3, -0.25) is 6.08 Å². The minimum Gasteiger partial charge on any atom is -1.00 e.